The Morgan fingerprint density at radius 3 is 2.50 bits per heavy atom. The minimum atomic E-state index is -3.43. The molecule has 0 radical (unpaired) electrons. The second kappa shape index (κ2) is 8.19. The maximum atomic E-state index is 11.8. The lowest BCUT2D eigenvalue weighted by molar-refractivity contribution is 0.254. The molecule has 2 N–H and O–H groups in total. The second-order valence-electron chi connectivity index (χ2n) is 4.89. The third kappa shape index (κ3) is 6.32. The summed E-state index contributed by atoms with van der Waals surface area (Å²) in [6.45, 7) is 4.41. The predicted molar refractivity (Wildman–Crippen MR) is 82.6 cm³/mol. The molecule has 1 aromatic carbocycles. The fourth-order valence-electron chi connectivity index (χ4n) is 1.76. The van der Waals surface area contributed by atoms with Gasteiger partial charge in [-0.3, -0.25) is 0 Å². The van der Waals surface area contributed by atoms with Crippen LogP contribution in [0.3, 0.4) is 0 Å². The monoisotopic (exact) mass is 297 g/mol. The first kappa shape index (κ1) is 16.9. The van der Waals surface area contributed by atoms with E-state index in [0.29, 0.717) is 13.0 Å². The zero-order chi connectivity index (χ0) is 15.0. The molecule has 1 unspecified atom stereocenters. The van der Waals surface area contributed by atoms with Crippen LogP contribution in [0.4, 0.5) is 0 Å². The minimum absolute atomic E-state index is 0.0828. The number of sulfonamides is 1. The summed E-state index contributed by atoms with van der Waals surface area (Å²) in [6.07, 6.45) is 3.03. The quantitative estimate of drug-likeness (QED) is 0.773. The van der Waals surface area contributed by atoms with Crippen molar-refractivity contribution in [2.45, 2.75) is 26.7 Å². The van der Waals surface area contributed by atoms with Gasteiger partial charge in [0.05, 0.1) is 0 Å². The van der Waals surface area contributed by atoms with Crippen molar-refractivity contribution in [2.75, 3.05) is 13.2 Å². The average molecular weight is 297 g/mol. The van der Waals surface area contributed by atoms with Crippen molar-refractivity contribution >= 4 is 16.1 Å². The highest BCUT2D eigenvalue weighted by molar-refractivity contribution is 7.92. The van der Waals surface area contributed by atoms with Crippen LogP contribution in [0.5, 0.6) is 0 Å². The number of rotatable bonds is 8. The molecular weight excluding hydrogens is 274 g/mol. The Bertz CT molecular complexity index is 521. The number of hydrogen-bond donors (Lipinski definition) is 2. The van der Waals surface area contributed by atoms with Crippen molar-refractivity contribution in [3.05, 3.63) is 40.8 Å². The molecule has 0 aliphatic rings. The molecule has 0 saturated carbocycles. The van der Waals surface area contributed by atoms with Crippen molar-refractivity contribution in [1.29, 1.82) is 0 Å². The zero-order valence-electron chi connectivity index (χ0n) is 12.0. The summed E-state index contributed by atoms with van der Waals surface area (Å²) < 4.78 is 26.2. The van der Waals surface area contributed by atoms with E-state index in [9.17, 15) is 8.42 Å². The van der Waals surface area contributed by atoms with E-state index in [1.165, 1.54) is 5.41 Å². The third-order valence-electron chi connectivity index (χ3n) is 3.20. The smallest absolute Gasteiger partial charge is 0.233 e. The van der Waals surface area contributed by atoms with Crippen LogP contribution in [0.2, 0.25) is 0 Å². The van der Waals surface area contributed by atoms with Crippen molar-refractivity contribution in [1.82, 2.24) is 4.72 Å². The zero-order valence-corrected chi connectivity index (χ0v) is 12.9. The molecular formula is C15H23NO3S. The SMILES string of the molecule is CCC(CCO)CNS(=O)(=O)/C=C/c1ccc(C)cc1. The van der Waals surface area contributed by atoms with E-state index in [1.54, 1.807) is 6.08 Å². The molecule has 0 spiro atoms. The van der Waals surface area contributed by atoms with E-state index in [4.69, 9.17) is 5.11 Å². The minimum Gasteiger partial charge on any atom is -0.396 e. The Hall–Kier alpha value is -1.17. The number of hydrogen-bond acceptors (Lipinski definition) is 3. The summed E-state index contributed by atoms with van der Waals surface area (Å²) in [6, 6.07) is 7.63. The summed E-state index contributed by atoms with van der Waals surface area (Å²) in [5, 5.41) is 10.1. The molecule has 20 heavy (non-hydrogen) atoms. The maximum Gasteiger partial charge on any atom is 0.233 e. The fourth-order valence-corrected chi connectivity index (χ4v) is 2.66. The van der Waals surface area contributed by atoms with Gasteiger partial charge in [-0.05, 0) is 30.9 Å². The number of aliphatic hydroxyl groups is 1. The van der Waals surface area contributed by atoms with E-state index >= 15 is 0 Å². The number of nitrogens with one attached hydrogen (secondary N) is 1. The van der Waals surface area contributed by atoms with Crippen LogP contribution in [0, 0.1) is 12.8 Å². The van der Waals surface area contributed by atoms with E-state index in [1.807, 2.05) is 38.1 Å². The lowest BCUT2D eigenvalue weighted by Crippen LogP contribution is -2.28. The van der Waals surface area contributed by atoms with Crippen LogP contribution in [-0.2, 0) is 10.0 Å². The number of benzene rings is 1. The standard InChI is InChI=1S/C15H23NO3S/c1-3-14(8-10-17)12-16-20(18,19)11-9-15-6-4-13(2)5-7-15/h4-7,9,11,14,16-17H,3,8,10,12H2,1-2H3/b11-9+. The Morgan fingerprint density at radius 2 is 1.95 bits per heavy atom. The van der Waals surface area contributed by atoms with Crippen LogP contribution in [0.1, 0.15) is 30.9 Å². The first-order chi connectivity index (χ1) is 9.46. The molecule has 112 valence electrons. The Morgan fingerprint density at radius 1 is 1.30 bits per heavy atom. The van der Waals surface area contributed by atoms with Crippen molar-refractivity contribution in [3.8, 4) is 0 Å². The van der Waals surface area contributed by atoms with E-state index in [-0.39, 0.29) is 12.5 Å². The highest BCUT2D eigenvalue weighted by Gasteiger charge is 2.10. The number of aliphatic hydroxyl groups excluding tert-OH is 1. The Labute approximate surface area is 121 Å². The highest BCUT2D eigenvalue weighted by Crippen LogP contribution is 2.08. The van der Waals surface area contributed by atoms with Gasteiger partial charge >= 0.3 is 0 Å². The van der Waals surface area contributed by atoms with Crippen LogP contribution in [0.15, 0.2) is 29.7 Å². The second-order valence-corrected chi connectivity index (χ2v) is 6.54. The Balaban J connectivity index is 2.58. The normalized spacial score (nSPS) is 13.8. The van der Waals surface area contributed by atoms with E-state index in [0.717, 1.165) is 17.5 Å². The van der Waals surface area contributed by atoms with Gasteiger partial charge in [-0.2, -0.15) is 0 Å². The maximum absolute atomic E-state index is 11.8. The molecule has 0 heterocycles. The molecule has 0 aromatic heterocycles. The summed E-state index contributed by atoms with van der Waals surface area (Å²) in [7, 11) is -3.43. The lowest BCUT2D eigenvalue weighted by Gasteiger charge is -2.13. The van der Waals surface area contributed by atoms with E-state index in [2.05, 4.69) is 4.72 Å². The van der Waals surface area contributed by atoms with Gasteiger partial charge in [0.15, 0.2) is 0 Å². The predicted octanol–water partition coefficient (Wildman–Crippen LogP) is 2.29. The van der Waals surface area contributed by atoms with Crippen LogP contribution in [0.25, 0.3) is 6.08 Å². The highest BCUT2D eigenvalue weighted by atomic mass is 32.2. The van der Waals surface area contributed by atoms with Gasteiger partial charge in [-0.25, -0.2) is 13.1 Å². The summed E-state index contributed by atoms with van der Waals surface area (Å²) in [5.74, 6) is 0.169. The molecule has 0 bridgehead atoms. The van der Waals surface area contributed by atoms with Gasteiger partial charge in [0, 0.05) is 18.6 Å². The largest absolute Gasteiger partial charge is 0.396 e. The summed E-state index contributed by atoms with van der Waals surface area (Å²) in [5.41, 5.74) is 1.99. The fraction of sp³-hybridized carbons (Fsp3) is 0.467. The van der Waals surface area contributed by atoms with Crippen LogP contribution < -0.4 is 4.72 Å². The van der Waals surface area contributed by atoms with Gasteiger partial charge in [-0.1, -0.05) is 43.2 Å². The molecule has 0 aliphatic heterocycles. The molecule has 0 saturated heterocycles. The molecule has 1 rings (SSSR count). The molecule has 0 aliphatic carbocycles. The third-order valence-corrected chi connectivity index (χ3v) is 4.27. The van der Waals surface area contributed by atoms with E-state index < -0.39 is 10.0 Å². The molecule has 4 nitrogen and oxygen atoms in total. The van der Waals surface area contributed by atoms with Gasteiger partial charge in [0.2, 0.25) is 10.0 Å². The molecule has 1 atom stereocenters. The van der Waals surface area contributed by atoms with Gasteiger partial charge < -0.3 is 5.11 Å². The number of aryl methyl sites for hydroxylation is 1. The van der Waals surface area contributed by atoms with Crippen molar-refractivity contribution < 1.29 is 13.5 Å². The first-order valence-corrected chi connectivity index (χ1v) is 8.36. The van der Waals surface area contributed by atoms with Crippen molar-refractivity contribution in [2.24, 2.45) is 5.92 Å². The molecule has 5 heteroatoms. The van der Waals surface area contributed by atoms with Crippen molar-refractivity contribution in [3.63, 3.8) is 0 Å². The van der Waals surface area contributed by atoms with Gasteiger partial charge in [0.1, 0.15) is 0 Å². The van der Waals surface area contributed by atoms with Crippen LogP contribution in [-0.4, -0.2) is 26.7 Å². The average Bonchev–Trinajstić information content (AvgIpc) is 2.43. The van der Waals surface area contributed by atoms with Gasteiger partial charge in [0.25, 0.3) is 0 Å². The molecule has 0 amide bonds. The van der Waals surface area contributed by atoms with Crippen LogP contribution >= 0.6 is 0 Å². The Kier molecular flexibility index (Phi) is 6.91. The first-order valence-electron chi connectivity index (χ1n) is 6.82. The summed E-state index contributed by atoms with van der Waals surface area (Å²) in [4.78, 5) is 0. The van der Waals surface area contributed by atoms with Gasteiger partial charge in [-0.15, -0.1) is 0 Å². The lowest BCUT2D eigenvalue weighted by atomic mass is 10.0. The topological polar surface area (TPSA) is 66.4 Å². The summed E-state index contributed by atoms with van der Waals surface area (Å²) >= 11 is 0. The molecule has 1 aromatic rings. The molecule has 0 fully saturated rings.